The van der Waals surface area contributed by atoms with Crippen LogP contribution in [0.2, 0.25) is 0 Å². The van der Waals surface area contributed by atoms with Gasteiger partial charge in [0.15, 0.2) is 6.29 Å². The van der Waals surface area contributed by atoms with Crippen LogP contribution in [0, 0.1) is 17.8 Å². The third-order valence-corrected chi connectivity index (χ3v) is 5.36. The number of alkyl halides is 3. The highest BCUT2D eigenvalue weighted by atomic mass is 19.4. The highest BCUT2D eigenvalue weighted by Gasteiger charge is 2.43. The van der Waals surface area contributed by atoms with Crippen LogP contribution in [0.4, 0.5) is 30.2 Å². The van der Waals surface area contributed by atoms with E-state index < -0.39 is 18.4 Å². The van der Waals surface area contributed by atoms with Crippen molar-refractivity contribution < 1.29 is 22.6 Å². The van der Waals surface area contributed by atoms with Gasteiger partial charge in [-0.2, -0.15) is 13.2 Å². The van der Waals surface area contributed by atoms with Gasteiger partial charge in [0, 0.05) is 11.5 Å². The Bertz CT molecular complexity index is 585. The predicted octanol–water partition coefficient (Wildman–Crippen LogP) is 3.46. The van der Waals surface area contributed by atoms with E-state index in [-0.39, 0.29) is 24.7 Å². The van der Waals surface area contributed by atoms with E-state index in [2.05, 4.69) is 0 Å². The average molecular weight is 359 g/mol. The predicted molar refractivity (Wildman–Crippen MR) is 89.3 cm³/mol. The Morgan fingerprint density at radius 2 is 1.36 bits per heavy atom. The minimum absolute atomic E-state index is 0.119. The van der Waals surface area contributed by atoms with Gasteiger partial charge in [0.1, 0.15) is 0 Å². The van der Waals surface area contributed by atoms with Crippen molar-refractivity contribution in [2.45, 2.75) is 38.1 Å². The second-order valence-corrected chi connectivity index (χ2v) is 7.03. The Morgan fingerprint density at radius 1 is 0.840 bits per heavy atom. The van der Waals surface area contributed by atoms with Crippen LogP contribution in [0.15, 0.2) is 12.1 Å². The van der Waals surface area contributed by atoms with Gasteiger partial charge < -0.3 is 26.7 Å². The Kier molecular flexibility index (Phi) is 5.02. The molecule has 25 heavy (non-hydrogen) atoms. The SMILES string of the molecule is Nc1cc(C2OCC(C3CCC(C(F)(F)F)CC3)CO2)cc(N)c1N. The van der Waals surface area contributed by atoms with Gasteiger partial charge in [-0.1, -0.05) is 0 Å². The third kappa shape index (κ3) is 3.95. The maximum absolute atomic E-state index is 12.8. The van der Waals surface area contributed by atoms with Gasteiger partial charge in [-0.05, 0) is 43.7 Å². The van der Waals surface area contributed by atoms with E-state index in [0.717, 1.165) is 0 Å². The van der Waals surface area contributed by atoms with Gasteiger partial charge in [0.25, 0.3) is 0 Å². The van der Waals surface area contributed by atoms with E-state index >= 15 is 0 Å². The van der Waals surface area contributed by atoms with Crippen LogP contribution >= 0.6 is 0 Å². The van der Waals surface area contributed by atoms with Crippen LogP contribution in [0.5, 0.6) is 0 Å². The second kappa shape index (κ2) is 6.92. The molecule has 1 aromatic carbocycles. The first-order valence-electron chi connectivity index (χ1n) is 8.50. The maximum atomic E-state index is 12.8. The number of hydrogen-bond donors (Lipinski definition) is 3. The van der Waals surface area contributed by atoms with Crippen molar-refractivity contribution in [3.05, 3.63) is 17.7 Å². The molecule has 2 aliphatic rings. The fraction of sp³-hybridized carbons (Fsp3) is 0.647. The van der Waals surface area contributed by atoms with Crippen LogP contribution in [0.25, 0.3) is 0 Å². The number of anilines is 3. The fourth-order valence-corrected chi connectivity index (χ4v) is 3.76. The van der Waals surface area contributed by atoms with E-state index in [1.165, 1.54) is 0 Å². The number of halogens is 3. The summed E-state index contributed by atoms with van der Waals surface area (Å²) < 4.78 is 49.8. The number of ether oxygens (including phenoxy) is 2. The zero-order valence-corrected chi connectivity index (χ0v) is 13.9. The molecule has 0 amide bonds. The molecular formula is C17H24F3N3O2. The van der Waals surface area contributed by atoms with Crippen molar-refractivity contribution >= 4 is 17.1 Å². The van der Waals surface area contributed by atoms with E-state index in [0.29, 0.717) is 48.7 Å². The van der Waals surface area contributed by atoms with Gasteiger partial charge in [0.05, 0.1) is 36.2 Å². The minimum atomic E-state index is -4.08. The van der Waals surface area contributed by atoms with Gasteiger partial charge in [-0.3, -0.25) is 0 Å². The first kappa shape index (κ1) is 18.1. The zero-order chi connectivity index (χ0) is 18.2. The lowest BCUT2D eigenvalue weighted by Gasteiger charge is -2.38. The third-order valence-electron chi connectivity index (χ3n) is 5.36. The van der Waals surface area contributed by atoms with Crippen LogP contribution < -0.4 is 17.2 Å². The van der Waals surface area contributed by atoms with E-state index in [1.54, 1.807) is 12.1 Å². The number of benzene rings is 1. The lowest BCUT2D eigenvalue weighted by molar-refractivity contribution is -0.219. The van der Waals surface area contributed by atoms with Crippen molar-refractivity contribution in [2.24, 2.45) is 17.8 Å². The molecule has 1 aromatic rings. The topological polar surface area (TPSA) is 96.5 Å². The van der Waals surface area contributed by atoms with Crippen LogP contribution in [-0.2, 0) is 9.47 Å². The molecule has 1 aliphatic heterocycles. The van der Waals surface area contributed by atoms with Gasteiger partial charge in [0.2, 0.25) is 0 Å². The van der Waals surface area contributed by atoms with Crippen molar-refractivity contribution in [2.75, 3.05) is 30.4 Å². The standard InChI is InChI=1S/C17H24F3N3O2/c18-17(19,20)12-3-1-9(2-4-12)11-7-24-16(25-8-11)10-5-13(21)15(23)14(22)6-10/h5-6,9,11-12,16H,1-4,7-8,21-23H2. The Hall–Kier alpha value is -1.67. The number of rotatable bonds is 2. The van der Waals surface area contributed by atoms with Gasteiger partial charge >= 0.3 is 6.18 Å². The maximum Gasteiger partial charge on any atom is 0.391 e. The smallest absolute Gasteiger partial charge is 0.391 e. The highest BCUT2D eigenvalue weighted by Crippen LogP contribution is 2.43. The molecule has 0 spiro atoms. The minimum Gasteiger partial charge on any atom is -0.397 e. The van der Waals surface area contributed by atoms with E-state index in [1.807, 2.05) is 0 Å². The Labute approximate surface area is 144 Å². The van der Waals surface area contributed by atoms with Gasteiger partial charge in [-0.25, -0.2) is 0 Å². The highest BCUT2D eigenvalue weighted by molar-refractivity contribution is 5.78. The molecule has 0 radical (unpaired) electrons. The largest absolute Gasteiger partial charge is 0.397 e. The zero-order valence-electron chi connectivity index (χ0n) is 13.9. The monoisotopic (exact) mass is 359 g/mol. The normalized spacial score (nSPS) is 31.0. The van der Waals surface area contributed by atoms with E-state index in [4.69, 9.17) is 26.7 Å². The Morgan fingerprint density at radius 3 is 1.84 bits per heavy atom. The number of nitrogens with two attached hydrogens (primary N) is 3. The lowest BCUT2D eigenvalue weighted by Crippen LogP contribution is -2.36. The molecule has 1 aliphatic carbocycles. The van der Waals surface area contributed by atoms with Crippen molar-refractivity contribution in [1.29, 1.82) is 0 Å². The molecule has 140 valence electrons. The molecule has 0 atom stereocenters. The quantitative estimate of drug-likeness (QED) is 0.703. The van der Waals surface area contributed by atoms with Crippen molar-refractivity contribution in [1.82, 2.24) is 0 Å². The molecular weight excluding hydrogens is 335 g/mol. The summed E-state index contributed by atoms with van der Waals surface area (Å²) in [6.07, 6.45) is -3.14. The van der Waals surface area contributed by atoms with Crippen molar-refractivity contribution in [3.63, 3.8) is 0 Å². The summed E-state index contributed by atoms with van der Waals surface area (Å²) in [5, 5.41) is 0. The lowest BCUT2D eigenvalue weighted by atomic mass is 9.76. The van der Waals surface area contributed by atoms with E-state index in [9.17, 15) is 13.2 Å². The summed E-state index contributed by atoms with van der Waals surface area (Å²) in [7, 11) is 0. The van der Waals surface area contributed by atoms with Crippen LogP contribution in [-0.4, -0.2) is 19.4 Å². The molecule has 8 heteroatoms. The Balaban J connectivity index is 1.54. The summed E-state index contributed by atoms with van der Waals surface area (Å²) in [4.78, 5) is 0. The molecule has 2 fully saturated rings. The van der Waals surface area contributed by atoms with Crippen LogP contribution in [0.3, 0.4) is 0 Å². The molecule has 6 N–H and O–H groups in total. The molecule has 0 aromatic heterocycles. The average Bonchev–Trinajstić information content (AvgIpc) is 2.59. The summed E-state index contributed by atoms with van der Waals surface area (Å²) in [6, 6.07) is 3.34. The van der Waals surface area contributed by atoms with Gasteiger partial charge in [-0.15, -0.1) is 0 Å². The molecule has 1 heterocycles. The summed E-state index contributed by atoms with van der Waals surface area (Å²) in [6.45, 7) is 0.909. The number of hydrogen-bond acceptors (Lipinski definition) is 5. The first-order chi connectivity index (χ1) is 11.8. The second-order valence-electron chi connectivity index (χ2n) is 7.03. The number of nitrogen functional groups attached to an aromatic ring is 3. The molecule has 0 unspecified atom stereocenters. The summed E-state index contributed by atoms with van der Waals surface area (Å²) in [5.41, 5.74) is 19.1. The molecule has 5 nitrogen and oxygen atoms in total. The fourth-order valence-electron chi connectivity index (χ4n) is 3.76. The molecule has 1 saturated carbocycles. The first-order valence-corrected chi connectivity index (χ1v) is 8.50. The summed E-state index contributed by atoms with van der Waals surface area (Å²) in [5.74, 6) is -0.835. The molecule has 3 rings (SSSR count). The molecule has 0 bridgehead atoms. The van der Waals surface area contributed by atoms with Crippen molar-refractivity contribution in [3.8, 4) is 0 Å². The molecule has 1 saturated heterocycles. The van der Waals surface area contributed by atoms with Crippen LogP contribution in [0.1, 0.15) is 37.5 Å². The summed E-state index contributed by atoms with van der Waals surface area (Å²) >= 11 is 0.